The van der Waals surface area contributed by atoms with E-state index < -0.39 is 0 Å². The maximum Gasteiger partial charge on any atom is 0.242 e. The zero-order valence-corrected chi connectivity index (χ0v) is 10.1. The molecule has 0 N–H and O–H groups in total. The van der Waals surface area contributed by atoms with Crippen molar-refractivity contribution in [3.05, 3.63) is 35.4 Å². The molecule has 0 aliphatic carbocycles. The third-order valence-electron chi connectivity index (χ3n) is 2.98. The number of nitriles is 1. The molecule has 1 fully saturated rings. The Labute approximate surface area is 105 Å². The Bertz CT molecular complexity index is 533. The van der Waals surface area contributed by atoms with E-state index in [-0.39, 0.29) is 24.9 Å². The molecular formula is C13H13N3O2. The van der Waals surface area contributed by atoms with E-state index in [4.69, 9.17) is 5.26 Å². The Balaban J connectivity index is 2.17. The van der Waals surface area contributed by atoms with Gasteiger partial charge in [0.15, 0.2) is 0 Å². The van der Waals surface area contributed by atoms with Gasteiger partial charge in [-0.05, 0) is 11.6 Å². The lowest BCUT2D eigenvalue weighted by atomic mass is 10.1. The van der Waals surface area contributed by atoms with E-state index in [1.807, 2.05) is 6.07 Å². The van der Waals surface area contributed by atoms with E-state index in [0.717, 1.165) is 5.56 Å². The lowest BCUT2D eigenvalue weighted by Crippen LogP contribution is -2.51. The van der Waals surface area contributed by atoms with E-state index in [0.29, 0.717) is 12.1 Å². The van der Waals surface area contributed by atoms with Crippen LogP contribution in [-0.4, -0.2) is 41.8 Å². The summed E-state index contributed by atoms with van der Waals surface area (Å²) in [6.07, 6.45) is 0. The van der Waals surface area contributed by atoms with Crippen LogP contribution in [0.5, 0.6) is 0 Å². The monoisotopic (exact) mass is 243 g/mol. The lowest BCUT2D eigenvalue weighted by Gasteiger charge is -2.31. The van der Waals surface area contributed by atoms with E-state index in [1.165, 1.54) is 9.80 Å². The molecule has 0 radical (unpaired) electrons. The molecule has 2 amide bonds. The molecule has 2 rings (SSSR count). The quantitative estimate of drug-likeness (QED) is 0.753. The molecule has 5 heteroatoms. The van der Waals surface area contributed by atoms with E-state index >= 15 is 0 Å². The fourth-order valence-electron chi connectivity index (χ4n) is 1.88. The Morgan fingerprint density at radius 2 is 1.94 bits per heavy atom. The number of carbonyl (C=O) groups is 2. The summed E-state index contributed by atoms with van der Waals surface area (Å²) in [6, 6.07) is 9.19. The summed E-state index contributed by atoms with van der Waals surface area (Å²) < 4.78 is 0. The van der Waals surface area contributed by atoms with Crippen molar-refractivity contribution in [1.82, 2.24) is 9.80 Å². The summed E-state index contributed by atoms with van der Waals surface area (Å²) in [5.74, 6) is -0.172. The first kappa shape index (κ1) is 12.1. The second kappa shape index (κ2) is 4.88. The number of piperazine rings is 1. The van der Waals surface area contributed by atoms with Crippen molar-refractivity contribution in [2.75, 3.05) is 20.1 Å². The summed E-state index contributed by atoms with van der Waals surface area (Å²) in [7, 11) is 1.61. The van der Waals surface area contributed by atoms with Crippen LogP contribution >= 0.6 is 0 Å². The molecule has 0 atom stereocenters. The van der Waals surface area contributed by atoms with E-state index in [2.05, 4.69) is 6.07 Å². The Kier molecular flexibility index (Phi) is 3.28. The van der Waals surface area contributed by atoms with Gasteiger partial charge >= 0.3 is 0 Å². The molecule has 0 aromatic heterocycles. The van der Waals surface area contributed by atoms with Gasteiger partial charge in [-0.15, -0.1) is 0 Å². The van der Waals surface area contributed by atoms with Crippen molar-refractivity contribution in [1.29, 1.82) is 5.26 Å². The highest BCUT2D eigenvalue weighted by molar-refractivity contribution is 5.92. The topological polar surface area (TPSA) is 64.4 Å². The van der Waals surface area contributed by atoms with Gasteiger partial charge in [-0.3, -0.25) is 9.59 Å². The fourth-order valence-corrected chi connectivity index (χ4v) is 1.88. The minimum absolute atomic E-state index is 0.0785. The summed E-state index contributed by atoms with van der Waals surface area (Å²) in [6.45, 7) is 0.491. The van der Waals surface area contributed by atoms with Crippen molar-refractivity contribution in [2.45, 2.75) is 6.54 Å². The van der Waals surface area contributed by atoms with Crippen LogP contribution < -0.4 is 0 Å². The normalized spacial score (nSPS) is 15.8. The third-order valence-corrected chi connectivity index (χ3v) is 2.98. The molecule has 5 nitrogen and oxygen atoms in total. The summed E-state index contributed by atoms with van der Waals surface area (Å²) in [5.41, 5.74) is 1.31. The lowest BCUT2D eigenvalue weighted by molar-refractivity contribution is -0.149. The summed E-state index contributed by atoms with van der Waals surface area (Å²) in [5, 5.41) is 8.98. The van der Waals surface area contributed by atoms with Crippen molar-refractivity contribution in [3.8, 4) is 6.07 Å². The maximum atomic E-state index is 11.8. The standard InChI is InChI=1S/C13H13N3O2/c1-15-8-13(18)16(9-12(15)17)7-11-5-3-2-4-10(11)6-14/h2-5H,7-9H2,1H3. The van der Waals surface area contributed by atoms with Gasteiger partial charge in [0.05, 0.1) is 18.2 Å². The zero-order valence-electron chi connectivity index (χ0n) is 10.1. The summed E-state index contributed by atoms with van der Waals surface area (Å²) >= 11 is 0. The molecule has 0 bridgehead atoms. The molecule has 1 heterocycles. The number of hydrogen-bond donors (Lipinski definition) is 0. The Hall–Kier alpha value is -2.35. The smallest absolute Gasteiger partial charge is 0.242 e. The second-order valence-corrected chi connectivity index (χ2v) is 4.27. The van der Waals surface area contributed by atoms with Gasteiger partial charge in [0.25, 0.3) is 0 Å². The van der Waals surface area contributed by atoms with Crippen molar-refractivity contribution < 1.29 is 9.59 Å². The van der Waals surface area contributed by atoms with Crippen LogP contribution in [-0.2, 0) is 16.1 Å². The van der Waals surface area contributed by atoms with Crippen LogP contribution in [0.4, 0.5) is 0 Å². The van der Waals surface area contributed by atoms with Crippen molar-refractivity contribution >= 4 is 11.8 Å². The average molecular weight is 243 g/mol. The number of carbonyl (C=O) groups excluding carboxylic acids is 2. The van der Waals surface area contributed by atoms with Crippen LogP contribution in [0, 0.1) is 11.3 Å². The van der Waals surface area contributed by atoms with Gasteiger partial charge in [-0.25, -0.2) is 0 Å². The Morgan fingerprint density at radius 1 is 1.22 bits per heavy atom. The van der Waals surface area contributed by atoms with Crippen LogP contribution in [0.15, 0.2) is 24.3 Å². The molecule has 0 unspecified atom stereocenters. The molecule has 0 spiro atoms. The maximum absolute atomic E-state index is 11.8. The number of rotatable bonds is 2. The molecule has 0 saturated carbocycles. The third kappa shape index (κ3) is 2.33. The van der Waals surface area contributed by atoms with Crippen LogP contribution in [0.1, 0.15) is 11.1 Å². The zero-order chi connectivity index (χ0) is 13.1. The largest absolute Gasteiger partial charge is 0.335 e. The van der Waals surface area contributed by atoms with Gasteiger partial charge < -0.3 is 9.80 Å². The van der Waals surface area contributed by atoms with Gasteiger partial charge in [-0.2, -0.15) is 5.26 Å². The first-order valence-electron chi connectivity index (χ1n) is 5.61. The molecule has 1 aromatic carbocycles. The highest BCUT2D eigenvalue weighted by Gasteiger charge is 2.27. The van der Waals surface area contributed by atoms with Crippen molar-refractivity contribution in [2.24, 2.45) is 0 Å². The number of benzene rings is 1. The number of nitrogens with zero attached hydrogens (tertiary/aromatic N) is 3. The minimum atomic E-state index is -0.0927. The van der Waals surface area contributed by atoms with E-state index in [1.54, 1.807) is 25.2 Å². The highest BCUT2D eigenvalue weighted by atomic mass is 16.2. The van der Waals surface area contributed by atoms with Crippen LogP contribution in [0.3, 0.4) is 0 Å². The molecular weight excluding hydrogens is 230 g/mol. The van der Waals surface area contributed by atoms with Gasteiger partial charge in [0, 0.05) is 13.6 Å². The number of amides is 2. The highest BCUT2D eigenvalue weighted by Crippen LogP contribution is 2.13. The predicted molar refractivity (Wildman–Crippen MR) is 64.2 cm³/mol. The Morgan fingerprint density at radius 3 is 2.67 bits per heavy atom. The molecule has 1 aliphatic rings. The second-order valence-electron chi connectivity index (χ2n) is 4.27. The minimum Gasteiger partial charge on any atom is -0.335 e. The van der Waals surface area contributed by atoms with E-state index in [9.17, 15) is 9.59 Å². The SMILES string of the molecule is CN1CC(=O)N(Cc2ccccc2C#N)CC1=O. The number of hydrogen-bond acceptors (Lipinski definition) is 3. The number of likely N-dealkylation sites (N-methyl/N-ethyl adjacent to an activating group) is 1. The van der Waals surface area contributed by atoms with Crippen LogP contribution in [0.25, 0.3) is 0 Å². The first-order valence-corrected chi connectivity index (χ1v) is 5.61. The predicted octanol–water partition coefficient (Wildman–Crippen LogP) is 0.359. The average Bonchev–Trinajstić information content (AvgIpc) is 2.36. The van der Waals surface area contributed by atoms with Gasteiger partial charge in [0.1, 0.15) is 6.54 Å². The van der Waals surface area contributed by atoms with Crippen LogP contribution in [0.2, 0.25) is 0 Å². The molecule has 18 heavy (non-hydrogen) atoms. The summed E-state index contributed by atoms with van der Waals surface area (Å²) in [4.78, 5) is 26.3. The molecule has 1 aromatic rings. The van der Waals surface area contributed by atoms with Gasteiger partial charge in [-0.1, -0.05) is 18.2 Å². The first-order chi connectivity index (χ1) is 8.61. The van der Waals surface area contributed by atoms with Crippen molar-refractivity contribution in [3.63, 3.8) is 0 Å². The molecule has 1 aliphatic heterocycles. The molecule has 92 valence electrons. The van der Waals surface area contributed by atoms with Gasteiger partial charge in [0.2, 0.25) is 11.8 Å². The molecule has 1 saturated heterocycles. The fraction of sp³-hybridized carbons (Fsp3) is 0.308.